The minimum absolute atomic E-state index is 0.150. The van der Waals surface area contributed by atoms with Gasteiger partial charge in [-0.25, -0.2) is 31.6 Å². The zero-order valence-corrected chi connectivity index (χ0v) is 15.2. The van der Waals surface area contributed by atoms with E-state index in [0.717, 1.165) is 0 Å². The molecule has 0 saturated heterocycles. The summed E-state index contributed by atoms with van der Waals surface area (Å²) in [5.74, 6) is -4.64. The number of rotatable bonds is 5. The van der Waals surface area contributed by atoms with Crippen molar-refractivity contribution < 1.29 is 21.6 Å². The van der Waals surface area contributed by atoms with E-state index >= 15 is 0 Å². The lowest BCUT2D eigenvalue weighted by molar-refractivity contribution is 0.483. The monoisotopic (exact) mass is 411 g/mol. The summed E-state index contributed by atoms with van der Waals surface area (Å²) in [5, 5.41) is 0.384. The number of nitrogens with two attached hydrogens (primary N) is 1. The lowest BCUT2D eigenvalue weighted by Gasteiger charge is -2.08. The van der Waals surface area contributed by atoms with Crippen molar-refractivity contribution in [2.75, 3.05) is 5.73 Å². The second-order valence-corrected chi connectivity index (χ2v) is 8.45. The van der Waals surface area contributed by atoms with E-state index in [1.54, 1.807) is 0 Å². The van der Waals surface area contributed by atoms with Gasteiger partial charge in [0.25, 0.3) is 0 Å². The van der Waals surface area contributed by atoms with Crippen molar-refractivity contribution >= 4 is 27.4 Å². The standard InChI is InChI=1S/C17H12F3N3O2S2/c18-13-5-6-14(19)16(20)12(13)9-27(24,25)11-3-1-10(2-4-11)26-17-22-8-7-15(21)23-17/h1-8H,9H2,(H2,21,22,23). The smallest absolute Gasteiger partial charge is 0.194 e. The second kappa shape index (κ2) is 7.57. The molecule has 0 bridgehead atoms. The number of nitrogens with zero attached hydrogens (tertiary/aromatic N) is 2. The molecule has 0 spiro atoms. The van der Waals surface area contributed by atoms with Crippen LogP contribution in [0.1, 0.15) is 5.56 Å². The van der Waals surface area contributed by atoms with E-state index < -0.39 is 38.6 Å². The lowest BCUT2D eigenvalue weighted by atomic mass is 10.2. The molecule has 5 nitrogen and oxygen atoms in total. The zero-order valence-electron chi connectivity index (χ0n) is 13.6. The Kier molecular flexibility index (Phi) is 5.38. The summed E-state index contributed by atoms with van der Waals surface area (Å²) < 4.78 is 65.6. The van der Waals surface area contributed by atoms with Crippen LogP contribution in [0.4, 0.5) is 19.0 Å². The molecule has 140 valence electrons. The predicted molar refractivity (Wildman–Crippen MR) is 94.2 cm³/mol. The van der Waals surface area contributed by atoms with Crippen molar-refractivity contribution in [3.8, 4) is 0 Å². The van der Waals surface area contributed by atoms with Crippen molar-refractivity contribution in [3.63, 3.8) is 0 Å². The van der Waals surface area contributed by atoms with Gasteiger partial charge in [-0.05, 0) is 54.2 Å². The molecule has 0 atom stereocenters. The highest BCUT2D eigenvalue weighted by Crippen LogP contribution is 2.27. The molecule has 10 heteroatoms. The summed E-state index contributed by atoms with van der Waals surface area (Å²) in [4.78, 5) is 8.53. The van der Waals surface area contributed by atoms with Gasteiger partial charge in [0, 0.05) is 16.7 Å². The highest BCUT2D eigenvalue weighted by atomic mass is 32.2. The fourth-order valence-electron chi connectivity index (χ4n) is 2.20. The summed E-state index contributed by atoms with van der Waals surface area (Å²) in [7, 11) is -4.08. The van der Waals surface area contributed by atoms with Crippen molar-refractivity contribution in [1.29, 1.82) is 0 Å². The highest BCUT2D eigenvalue weighted by Gasteiger charge is 2.22. The SMILES string of the molecule is Nc1ccnc(Sc2ccc(S(=O)(=O)Cc3c(F)ccc(F)c3F)cc2)n1. The quantitative estimate of drug-likeness (QED) is 0.510. The van der Waals surface area contributed by atoms with Crippen LogP contribution in [0, 0.1) is 17.5 Å². The number of aromatic nitrogens is 2. The fourth-order valence-corrected chi connectivity index (χ4v) is 4.31. The summed E-state index contributed by atoms with van der Waals surface area (Å²) in [6.45, 7) is 0. The third kappa shape index (κ3) is 4.40. The van der Waals surface area contributed by atoms with Gasteiger partial charge in [-0.2, -0.15) is 0 Å². The van der Waals surface area contributed by atoms with E-state index in [1.807, 2.05) is 0 Å². The Morgan fingerprint density at radius 3 is 2.30 bits per heavy atom. The van der Waals surface area contributed by atoms with Gasteiger partial charge in [0.1, 0.15) is 11.6 Å². The van der Waals surface area contributed by atoms with E-state index in [1.165, 1.54) is 48.3 Å². The summed E-state index contributed by atoms with van der Waals surface area (Å²) in [6.07, 6.45) is 1.49. The van der Waals surface area contributed by atoms with E-state index in [2.05, 4.69) is 9.97 Å². The highest BCUT2D eigenvalue weighted by molar-refractivity contribution is 7.99. The molecule has 0 radical (unpaired) electrons. The Morgan fingerprint density at radius 1 is 0.963 bits per heavy atom. The summed E-state index contributed by atoms with van der Waals surface area (Å²) in [5.41, 5.74) is 4.74. The van der Waals surface area contributed by atoms with Gasteiger partial charge in [-0.1, -0.05) is 0 Å². The maximum absolute atomic E-state index is 13.7. The number of hydrogen-bond donors (Lipinski definition) is 1. The average Bonchev–Trinajstić information content (AvgIpc) is 2.63. The third-order valence-corrected chi connectivity index (χ3v) is 6.07. The molecule has 0 fully saturated rings. The van der Waals surface area contributed by atoms with Crippen LogP contribution in [0.25, 0.3) is 0 Å². The normalized spacial score (nSPS) is 11.5. The Morgan fingerprint density at radius 2 is 1.63 bits per heavy atom. The van der Waals surface area contributed by atoms with Crippen molar-refractivity contribution in [2.24, 2.45) is 0 Å². The van der Waals surface area contributed by atoms with E-state index in [9.17, 15) is 21.6 Å². The van der Waals surface area contributed by atoms with Crippen LogP contribution in [0.15, 0.2) is 63.6 Å². The van der Waals surface area contributed by atoms with E-state index in [4.69, 9.17) is 5.73 Å². The van der Waals surface area contributed by atoms with Crippen LogP contribution < -0.4 is 5.73 Å². The molecule has 0 saturated carbocycles. The summed E-state index contributed by atoms with van der Waals surface area (Å²) >= 11 is 1.17. The Labute approximate surface area is 157 Å². The van der Waals surface area contributed by atoms with Gasteiger partial charge < -0.3 is 5.73 Å². The third-order valence-electron chi connectivity index (χ3n) is 3.52. The van der Waals surface area contributed by atoms with Gasteiger partial charge in [-0.15, -0.1) is 0 Å². The van der Waals surface area contributed by atoms with Crippen LogP contribution in [0.3, 0.4) is 0 Å². The molecule has 1 aromatic heterocycles. The average molecular weight is 411 g/mol. The number of hydrogen-bond acceptors (Lipinski definition) is 6. The number of halogens is 3. The zero-order chi connectivity index (χ0) is 19.6. The Hall–Kier alpha value is -2.59. The molecule has 3 rings (SSSR count). The Bertz CT molecular complexity index is 1090. The molecule has 0 unspecified atom stereocenters. The molecule has 2 N–H and O–H groups in total. The van der Waals surface area contributed by atoms with Crippen molar-refractivity contribution in [1.82, 2.24) is 9.97 Å². The first-order valence-electron chi connectivity index (χ1n) is 7.48. The number of anilines is 1. The van der Waals surface area contributed by atoms with E-state index in [-0.39, 0.29) is 4.90 Å². The second-order valence-electron chi connectivity index (χ2n) is 5.42. The number of sulfone groups is 1. The molecule has 2 aromatic carbocycles. The lowest BCUT2D eigenvalue weighted by Crippen LogP contribution is -2.09. The molecule has 3 aromatic rings. The largest absolute Gasteiger partial charge is 0.384 e. The topological polar surface area (TPSA) is 85.9 Å². The molecule has 0 aliphatic rings. The first kappa shape index (κ1) is 19.2. The van der Waals surface area contributed by atoms with Crippen molar-refractivity contribution in [3.05, 3.63) is 71.7 Å². The van der Waals surface area contributed by atoms with Gasteiger partial charge in [0.05, 0.1) is 10.6 Å². The maximum Gasteiger partial charge on any atom is 0.194 e. The molecule has 27 heavy (non-hydrogen) atoms. The Balaban J connectivity index is 1.83. The molecule has 0 aliphatic heterocycles. The van der Waals surface area contributed by atoms with Crippen molar-refractivity contribution in [2.45, 2.75) is 20.7 Å². The number of benzene rings is 2. The molecule has 1 heterocycles. The van der Waals surface area contributed by atoms with Crippen LogP contribution in [0.5, 0.6) is 0 Å². The minimum Gasteiger partial charge on any atom is -0.384 e. The van der Waals surface area contributed by atoms with Gasteiger partial charge in [0.2, 0.25) is 0 Å². The van der Waals surface area contributed by atoms with Gasteiger partial charge in [-0.3, -0.25) is 0 Å². The predicted octanol–water partition coefficient (Wildman–Crippen LogP) is 3.60. The molecular weight excluding hydrogens is 399 g/mol. The minimum atomic E-state index is -4.08. The van der Waals surface area contributed by atoms with Crippen LogP contribution in [-0.4, -0.2) is 18.4 Å². The number of nitrogen functional groups attached to an aromatic ring is 1. The van der Waals surface area contributed by atoms with Crippen LogP contribution in [-0.2, 0) is 15.6 Å². The first-order chi connectivity index (χ1) is 12.8. The molecule has 0 amide bonds. The maximum atomic E-state index is 13.7. The van der Waals surface area contributed by atoms with Gasteiger partial charge >= 0.3 is 0 Å². The van der Waals surface area contributed by atoms with Crippen LogP contribution >= 0.6 is 11.8 Å². The first-order valence-corrected chi connectivity index (χ1v) is 9.95. The van der Waals surface area contributed by atoms with Gasteiger partial charge in [0.15, 0.2) is 26.6 Å². The van der Waals surface area contributed by atoms with E-state index in [0.29, 0.717) is 28.0 Å². The summed E-state index contributed by atoms with van der Waals surface area (Å²) in [6, 6.07) is 8.41. The fraction of sp³-hybridized carbons (Fsp3) is 0.0588. The molecular formula is C17H12F3N3O2S2. The van der Waals surface area contributed by atoms with Crippen LogP contribution in [0.2, 0.25) is 0 Å². The molecule has 0 aliphatic carbocycles.